The van der Waals surface area contributed by atoms with Crippen molar-refractivity contribution in [2.75, 3.05) is 92.9 Å². The third-order valence-electron chi connectivity index (χ3n) is 7.59. The number of fused-ring (bicyclic) bond motifs is 4. The molecule has 0 radical (unpaired) electrons. The lowest BCUT2D eigenvalue weighted by atomic mass is 9.92. The Morgan fingerprint density at radius 2 is 1.44 bits per heavy atom. The van der Waals surface area contributed by atoms with Gasteiger partial charge in [-0.2, -0.15) is 0 Å². The summed E-state index contributed by atoms with van der Waals surface area (Å²) in [5.74, 6) is -0.660. The first-order chi connectivity index (χ1) is 20.0. The maximum atomic E-state index is 13.4. The minimum atomic E-state index is -0.331. The van der Waals surface area contributed by atoms with E-state index in [1.165, 1.54) is 0 Å². The molecule has 0 fully saturated rings. The molecule has 0 unspecified atom stereocenters. The van der Waals surface area contributed by atoms with Gasteiger partial charge in [-0.25, -0.2) is 0 Å². The highest BCUT2D eigenvalue weighted by Gasteiger charge is 2.37. The Morgan fingerprint density at radius 3 is 2.15 bits per heavy atom. The molecule has 4 bridgehead atoms. The summed E-state index contributed by atoms with van der Waals surface area (Å²) in [4.78, 5) is 35.6. The van der Waals surface area contributed by atoms with E-state index in [0.717, 1.165) is 56.0 Å². The van der Waals surface area contributed by atoms with Gasteiger partial charge in [0.15, 0.2) is 0 Å². The Morgan fingerprint density at radius 1 is 0.780 bits per heavy atom. The van der Waals surface area contributed by atoms with Gasteiger partial charge in [0.05, 0.1) is 37.6 Å². The van der Waals surface area contributed by atoms with Crippen molar-refractivity contribution in [3.63, 3.8) is 0 Å². The van der Waals surface area contributed by atoms with Gasteiger partial charge < -0.3 is 29.1 Å². The van der Waals surface area contributed by atoms with Gasteiger partial charge >= 0.3 is 0 Å². The van der Waals surface area contributed by atoms with Crippen molar-refractivity contribution in [2.45, 2.75) is 13.3 Å². The summed E-state index contributed by atoms with van der Waals surface area (Å²) in [5.41, 5.74) is 3.65. The third-order valence-corrected chi connectivity index (χ3v) is 7.59. The van der Waals surface area contributed by atoms with E-state index in [1.807, 2.05) is 37.3 Å². The second-order valence-corrected chi connectivity index (χ2v) is 10.8. The lowest BCUT2D eigenvalue weighted by molar-refractivity contribution is -0.124. The zero-order valence-corrected chi connectivity index (χ0v) is 24.8. The number of amides is 2. The lowest BCUT2D eigenvalue weighted by Gasteiger charge is -2.24. The van der Waals surface area contributed by atoms with Crippen molar-refractivity contribution in [2.24, 2.45) is 0 Å². The first-order valence-electron chi connectivity index (χ1n) is 14.6. The molecule has 0 aromatic carbocycles. The smallest absolute Gasteiger partial charge is 0.259 e. The average Bonchev–Trinajstić information content (AvgIpc) is 3.52. The number of nitrogens with one attached hydrogen (secondary N) is 1. The van der Waals surface area contributed by atoms with E-state index in [-0.39, 0.29) is 11.8 Å². The number of hydrogen-bond donors (Lipinski definition) is 1. The first kappa shape index (κ1) is 30.7. The van der Waals surface area contributed by atoms with Crippen molar-refractivity contribution in [3.8, 4) is 0 Å². The van der Waals surface area contributed by atoms with E-state index < -0.39 is 0 Å². The SMILES string of the molecule is C/C=C\C=C1/CN2C=C1C1=C(C(=O)NC1=O)/C1=C/N(C/C=C\C=C/C1)CCN(C)CCOCCOCCN(C)CC2. The molecular formula is C32H45N5O4. The van der Waals surface area contributed by atoms with E-state index in [0.29, 0.717) is 57.1 Å². The van der Waals surface area contributed by atoms with E-state index in [4.69, 9.17) is 9.47 Å². The fraction of sp³-hybridized carbons (Fsp3) is 0.500. The highest BCUT2D eigenvalue weighted by atomic mass is 16.5. The number of carbonyl (C=O) groups excluding carboxylic acids is 2. The van der Waals surface area contributed by atoms with Crippen molar-refractivity contribution < 1.29 is 19.1 Å². The fourth-order valence-electron chi connectivity index (χ4n) is 5.14. The summed E-state index contributed by atoms with van der Waals surface area (Å²) in [6, 6.07) is 0. The molecule has 0 aromatic heterocycles. The topological polar surface area (TPSA) is 77.6 Å². The molecule has 4 rings (SSSR count). The zero-order chi connectivity index (χ0) is 29.0. The average molecular weight is 564 g/mol. The van der Waals surface area contributed by atoms with Gasteiger partial charge in [0.25, 0.3) is 11.8 Å². The van der Waals surface area contributed by atoms with Crippen LogP contribution < -0.4 is 5.32 Å². The Labute approximate surface area is 244 Å². The second kappa shape index (κ2) is 15.7. The number of imide groups is 1. The number of ether oxygens (including phenoxy) is 2. The standard InChI is InChI=1S/C32H45N5O4/c1-4-5-10-26-23-37-16-14-35(3)18-20-41-22-21-40-19-17-34(2)13-15-36-12-9-7-6-8-11-27(24-36)29-30(28(26)25-37)32(39)33-31(29)38/h4-10,24-25H,11-23H2,1-3H3,(H,33,38,39)/b5-4-,8-6-,9-7-,26-10+,27-24+. The Balaban J connectivity index is 1.71. The van der Waals surface area contributed by atoms with Crippen LogP contribution in [0.1, 0.15) is 13.3 Å². The van der Waals surface area contributed by atoms with Crippen LogP contribution in [-0.2, 0) is 19.1 Å². The van der Waals surface area contributed by atoms with Gasteiger partial charge in [0.1, 0.15) is 0 Å². The van der Waals surface area contributed by atoms with Gasteiger partial charge in [0.2, 0.25) is 0 Å². The molecule has 0 saturated heterocycles. The molecule has 9 heteroatoms. The molecule has 4 heterocycles. The molecule has 0 spiro atoms. The molecule has 2 amide bonds. The van der Waals surface area contributed by atoms with Crippen molar-refractivity contribution in [1.82, 2.24) is 24.9 Å². The van der Waals surface area contributed by atoms with Gasteiger partial charge in [-0.1, -0.05) is 42.5 Å². The molecule has 1 N–H and O–H groups in total. The number of hydrogen-bond acceptors (Lipinski definition) is 8. The normalized spacial score (nSPS) is 27.2. The van der Waals surface area contributed by atoms with E-state index in [2.05, 4.69) is 63.6 Å². The van der Waals surface area contributed by atoms with Crippen LogP contribution in [0, 0.1) is 0 Å². The fourth-order valence-corrected chi connectivity index (χ4v) is 5.14. The Kier molecular flexibility index (Phi) is 11.7. The van der Waals surface area contributed by atoms with Crippen LogP contribution in [0.5, 0.6) is 0 Å². The molecule has 0 saturated carbocycles. The number of allylic oxidation sites excluding steroid dienone is 6. The van der Waals surface area contributed by atoms with Crippen LogP contribution in [0.4, 0.5) is 0 Å². The minimum Gasteiger partial charge on any atom is -0.378 e. The summed E-state index contributed by atoms with van der Waals surface area (Å²) in [7, 11) is 4.18. The lowest BCUT2D eigenvalue weighted by Crippen LogP contribution is -2.33. The summed E-state index contributed by atoms with van der Waals surface area (Å²) in [6.07, 6.45) is 18.9. The van der Waals surface area contributed by atoms with Crippen LogP contribution >= 0.6 is 0 Å². The Hall–Kier alpha value is -3.24. The van der Waals surface area contributed by atoms with Crippen LogP contribution in [0.15, 0.2) is 82.8 Å². The number of rotatable bonds is 1. The van der Waals surface area contributed by atoms with Crippen molar-refractivity contribution >= 4 is 11.8 Å². The largest absolute Gasteiger partial charge is 0.378 e. The molecule has 41 heavy (non-hydrogen) atoms. The second-order valence-electron chi connectivity index (χ2n) is 10.8. The maximum Gasteiger partial charge on any atom is 0.259 e. The summed E-state index contributed by atoms with van der Waals surface area (Å²) < 4.78 is 11.6. The molecular weight excluding hydrogens is 518 g/mol. The molecule has 0 aliphatic carbocycles. The van der Waals surface area contributed by atoms with E-state index >= 15 is 0 Å². The number of nitrogens with zero attached hydrogens (tertiary/aromatic N) is 4. The highest BCUT2D eigenvalue weighted by molar-refractivity contribution is 6.24. The highest BCUT2D eigenvalue weighted by Crippen LogP contribution is 2.35. The predicted molar refractivity (Wildman–Crippen MR) is 162 cm³/mol. The van der Waals surface area contributed by atoms with Crippen molar-refractivity contribution in [3.05, 3.63) is 82.8 Å². The summed E-state index contributed by atoms with van der Waals surface area (Å²) in [6.45, 7) is 10.8. The van der Waals surface area contributed by atoms with E-state index in [9.17, 15) is 9.59 Å². The van der Waals surface area contributed by atoms with Crippen LogP contribution in [-0.4, -0.2) is 124 Å². The summed E-state index contributed by atoms with van der Waals surface area (Å²) >= 11 is 0. The van der Waals surface area contributed by atoms with Gasteiger partial charge in [-0.3, -0.25) is 14.9 Å². The third kappa shape index (κ3) is 8.87. The van der Waals surface area contributed by atoms with Crippen molar-refractivity contribution in [1.29, 1.82) is 0 Å². The van der Waals surface area contributed by atoms with Gasteiger partial charge in [-0.15, -0.1) is 0 Å². The van der Waals surface area contributed by atoms with Crippen LogP contribution in [0.25, 0.3) is 0 Å². The summed E-state index contributed by atoms with van der Waals surface area (Å²) in [5, 5.41) is 2.60. The maximum absolute atomic E-state index is 13.4. The first-order valence-corrected chi connectivity index (χ1v) is 14.6. The zero-order valence-electron chi connectivity index (χ0n) is 24.8. The predicted octanol–water partition coefficient (Wildman–Crippen LogP) is 2.25. The van der Waals surface area contributed by atoms with E-state index in [1.54, 1.807) is 0 Å². The van der Waals surface area contributed by atoms with Crippen LogP contribution in [0.3, 0.4) is 0 Å². The molecule has 0 aromatic rings. The Bertz CT molecular complexity index is 1160. The van der Waals surface area contributed by atoms with Gasteiger partial charge in [-0.05, 0) is 38.6 Å². The molecule has 4 aliphatic heterocycles. The molecule has 222 valence electrons. The number of carbonyl (C=O) groups is 2. The number of likely N-dealkylation sites (N-methyl/N-ethyl adjacent to an activating group) is 2. The van der Waals surface area contributed by atoms with Gasteiger partial charge in [0, 0.05) is 70.3 Å². The molecule has 9 nitrogen and oxygen atoms in total. The minimum absolute atomic E-state index is 0.329. The molecule has 4 aliphatic rings. The van der Waals surface area contributed by atoms with Crippen LogP contribution in [0.2, 0.25) is 0 Å². The quantitative estimate of drug-likeness (QED) is 0.487. The monoisotopic (exact) mass is 563 g/mol. The molecule has 0 atom stereocenters.